The van der Waals surface area contributed by atoms with Gasteiger partial charge in [-0.2, -0.15) is 0 Å². The zero-order valence-electron chi connectivity index (χ0n) is 11.1. The number of nitrogens with one attached hydrogen (secondary N) is 1. The van der Waals surface area contributed by atoms with E-state index in [0.717, 1.165) is 36.2 Å². The molecule has 1 aliphatic heterocycles. The summed E-state index contributed by atoms with van der Waals surface area (Å²) < 4.78 is 6.70. The highest BCUT2D eigenvalue weighted by Gasteiger charge is 2.22. The Balaban J connectivity index is 1.81. The summed E-state index contributed by atoms with van der Waals surface area (Å²) in [6.07, 6.45) is -0.387. The quantitative estimate of drug-likeness (QED) is 0.917. The zero-order valence-corrected chi connectivity index (χ0v) is 12.6. The number of nitrogens with zero attached hydrogens (tertiary/aromatic N) is 1. The third kappa shape index (κ3) is 4.30. The second kappa shape index (κ2) is 7.03. The first kappa shape index (κ1) is 14.5. The van der Waals surface area contributed by atoms with E-state index in [1.807, 2.05) is 36.1 Å². The molecule has 1 amide bonds. The third-order valence-corrected chi connectivity index (χ3v) is 3.72. The lowest BCUT2D eigenvalue weighted by Crippen LogP contribution is -2.49. The second-order valence-electron chi connectivity index (χ2n) is 4.65. The van der Waals surface area contributed by atoms with E-state index in [9.17, 15) is 4.79 Å². The van der Waals surface area contributed by atoms with Crippen molar-refractivity contribution in [3.8, 4) is 0 Å². The molecule has 19 heavy (non-hydrogen) atoms. The maximum absolute atomic E-state index is 12.1. The summed E-state index contributed by atoms with van der Waals surface area (Å²) in [6.45, 7) is 5.56. The van der Waals surface area contributed by atoms with Gasteiger partial charge in [0, 0.05) is 30.7 Å². The minimum absolute atomic E-state index is 0.0820. The number of carbonyl (C=O) groups excluding carboxylic acids is 1. The molecule has 1 unspecified atom stereocenters. The molecule has 1 fully saturated rings. The van der Waals surface area contributed by atoms with Crippen molar-refractivity contribution in [2.45, 2.75) is 19.6 Å². The molecule has 0 spiro atoms. The van der Waals surface area contributed by atoms with Crippen LogP contribution < -0.4 is 5.32 Å². The van der Waals surface area contributed by atoms with Crippen molar-refractivity contribution in [1.82, 2.24) is 10.2 Å². The van der Waals surface area contributed by atoms with Crippen molar-refractivity contribution >= 4 is 21.8 Å². The summed E-state index contributed by atoms with van der Waals surface area (Å²) in [7, 11) is 0. The van der Waals surface area contributed by atoms with Gasteiger partial charge < -0.3 is 15.0 Å². The number of hydrogen-bond donors (Lipinski definition) is 1. The molecule has 1 N–H and O–H groups in total. The van der Waals surface area contributed by atoms with Crippen LogP contribution in [0.25, 0.3) is 0 Å². The van der Waals surface area contributed by atoms with Crippen LogP contribution in [0.4, 0.5) is 0 Å². The Hall–Kier alpha value is -0.910. The van der Waals surface area contributed by atoms with Gasteiger partial charge in [0.05, 0.1) is 6.61 Å². The standard InChI is InChI=1S/C14H19BrN2O2/c1-11(14(18)17-8-6-16-7-9-17)19-10-12-2-4-13(15)5-3-12/h2-5,11,16H,6-10H2,1H3. The van der Waals surface area contributed by atoms with Gasteiger partial charge in [-0.3, -0.25) is 4.79 Å². The minimum Gasteiger partial charge on any atom is -0.364 e. The van der Waals surface area contributed by atoms with E-state index in [1.165, 1.54) is 0 Å². The van der Waals surface area contributed by atoms with Crippen molar-refractivity contribution in [2.75, 3.05) is 26.2 Å². The van der Waals surface area contributed by atoms with Gasteiger partial charge in [-0.15, -0.1) is 0 Å². The SMILES string of the molecule is CC(OCc1ccc(Br)cc1)C(=O)N1CCNCC1. The van der Waals surface area contributed by atoms with E-state index < -0.39 is 0 Å². The number of ether oxygens (including phenoxy) is 1. The van der Waals surface area contributed by atoms with Gasteiger partial charge in [-0.05, 0) is 24.6 Å². The lowest BCUT2D eigenvalue weighted by atomic mass is 10.2. The van der Waals surface area contributed by atoms with Gasteiger partial charge in [-0.1, -0.05) is 28.1 Å². The van der Waals surface area contributed by atoms with Crippen molar-refractivity contribution in [3.63, 3.8) is 0 Å². The molecule has 0 aliphatic carbocycles. The topological polar surface area (TPSA) is 41.6 Å². The number of halogens is 1. The number of rotatable bonds is 4. The number of piperazine rings is 1. The van der Waals surface area contributed by atoms with Gasteiger partial charge in [0.15, 0.2) is 0 Å². The smallest absolute Gasteiger partial charge is 0.251 e. The van der Waals surface area contributed by atoms with Crippen LogP contribution in [-0.4, -0.2) is 43.1 Å². The number of hydrogen-bond acceptors (Lipinski definition) is 3. The molecule has 1 aromatic carbocycles. The van der Waals surface area contributed by atoms with Crippen LogP contribution in [0, 0.1) is 0 Å². The molecule has 0 saturated carbocycles. The van der Waals surface area contributed by atoms with Crippen LogP contribution in [0.1, 0.15) is 12.5 Å². The third-order valence-electron chi connectivity index (χ3n) is 3.19. The molecule has 0 bridgehead atoms. The van der Waals surface area contributed by atoms with E-state index in [0.29, 0.717) is 6.61 Å². The van der Waals surface area contributed by atoms with Crippen LogP contribution in [0.15, 0.2) is 28.7 Å². The highest BCUT2D eigenvalue weighted by molar-refractivity contribution is 9.10. The summed E-state index contributed by atoms with van der Waals surface area (Å²) in [5, 5.41) is 3.23. The normalized spacial score (nSPS) is 17.3. The van der Waals surface area contributed by atoms with Crippen molar-refractivity contribution < 1.29 is 9.53 Å². The lowest BCUT2D eigenvalue weighted by molar-refractivity contribution is -0.144. The molecule has 0 aromatic heterocycles. The number of amides is 1. The van der Waals surface area contributed by atoms with Crippen LogP contribution >= 0.6 is 15.9 Å². The molecule has 0 radical (unpaired) electrons. The van der Waals surface area contributed by atoms with Crippen molar-refractivity contribution in [3.05, 3.63) is 34.3 Å². The molecule has 1 aromatic rings. The average Bonchev–Trinajstić information content (AvgIpc) is 2.46. The summed E-state index contributed by atoms with van der Waals surface area (Å²) in [4.78, 5) is 14.0. The number of carbonyl (C=O) groups is 1. The molecule has 104 valence electrons. The molecular formula is C14H19BrN2O2. The molecule has 1 saturated heterocycles. The highest BCUT2D eigenvalue weighted by Crippen LogP contribution is 2.12. The molecular weight excluding hydrogens is 308 g/mol. The van der Waals surface area contributed by atoms with Gasteiger partial charge in [0.1, 0.15) is 6.10 Å². The van der Waals surface area contributed by atoms with Crippen LogP contribution in [0.5, 0.6) is 0 Å². The fourth-order valence-electron chi connectivity index (χ4n) is 2.02. The molecule has 1 aliphatic rings. The van der Waals surface area contributed by atoms with Crippen LogP contribution in [0.3, 0.4) is 0 Å². The van der Waals surface area contributed by atoms with Crippen LogP contribution in [0.2, 0.25) is 0 Å². The first-order chi connectivity index (χ1) is 9.16. The van der Waals surface area contributed by atoms with Gasteiger partial charge in [0.25, 0.3) is 5.91 Å². The second-order valence-corrected chi connectivity index (χ2v) is 5.57. The van der Waals surface area contributed by atoms with Gasteiger partial charge in [0.2, 0.25) is 0 Å². The molecule has 4 nitrogen and oxygen atoms in total. The molecule has 1 heterocycles. The highest BCUT2D eigenvalue weighted by atomic mass is 79.9. The molecule has 1 atom stereocenters. The summed E-state index contributed by atoms with van der Waals surface area (Å²) in [6, 6.07) is 7.93. The predicted molar refractivity (Wildman–Crippen MR) is 77.8 cm³/mol. The Labute approximate surface area is 122 Å². The summed E-state index contributed by atoms with van der Waals surface area (Å²) in [5.74, 6) is 0.0820. The van der Waals surface area contributed by atoms with E-state index in [-0.39, 0.29) is 12.0 Å². The van der Waals surface area contributed by atoms with Gasteiger partial charge in [-0.25, -0.2) is 0 Å². The Kier molecular flexibility index (Phi) is 5.36. The van der Waals surface area contributed by atoms with E-state index in [4.69, 9.17) is 4.74 Å². The molecule has 2 rings (SSSR count). The summed E-state index contributed by atoms with van der Waals surface area (Å²) >= 11 is 3.39. The maximum atomic E-state index is 12.1. The van der Waals surface area contributed by atoms with Gasteiger partial charge >= 0.3 is 0 Å². The van der Waals surface area contributed by atoms with Crippen LogP contribution in [-0.2, 0) is 16.1 Å². The Morgan fingerprint density at radius 3 is 2.63 bits per heavy atom. The molecule has 5 heteroatoms. The monoisotopic (exact) mass is 326 g/mol. The van der Waals surface area contributed by atoms with Crippen molar-refractivity contribution in [1.29, 1.82) is 0 Å². The Morgan fingerprint density at radius 2 is 2.00 bits per heavy atom. The Bertz CT molecular complexity index is 416. The maximum Gasteiger partial charge on any atom is 0.251 e. The fourth-order valence-corrected chi connectivity index (χ4v) is 2.28. The minimum atomic E-state index is -0.387. The first-order valence-corrected chi connectivity index (χ1v) is 7.31. The largest absolute Gasteiger partial charge is 0.364 e. The lowest BCUT2D eigenvalue weighted by Gasteiger charge is -2.29. The summed E-state index contributed by atoms with van der Waals surface area (Å²) in [5.41, 5.74) is 1.07. The number of benzene rings is 1. The average molecular weight is 327 g/mol. The first-order valence-electron chi connectivity index (χ1n) is 6.52. The van der Waals surface area contributed by atoms with Crippen molar-refractivity contribution in [2.24, 2.45) is 0 Å². The van der Waals surface area contributed by atoms with E-state index in [1.54, 1.807) is 0 Å². The van der Waals surface area contributed by atoms with E-state index >= 15 is 0 Å². The fraction of sp³-hybridized carbons (Fsp3) is 0.500. The predicted octanol–water partition coefficient (Wildman–Crippen LogP) is 1.79. The Morgan fingerprint density at radius 1 is 1.37 bits per heavy atom. The zero-order chi connectivity index (χ0) is 13.7. The van der Waals surface area contributed by atoms with E-state index in [2.05, 4.69) is 21.2 Å².